The molecule has 1 atom stereocenters. The predicted octanol–water partition coefficient (Wildman–Crippen LogP) is 3.68. The molecule has 0 heterocycles. The monoisotopic (exact) mass is 286 g/mol. The van der Waals surface area contributed by atoms with E-state index < -0.39 is 5.60 Å². The third-order valence-corrected chi connectivity index (χ3v) is 3.70. The molecule has 0 aliphatic carbocycles. The molecule has 0 spiro atoms. The highest BCUT2D eigenvalue weighted by Crippen LogP contribution is 2.22. The van der Waals surface area contributed by atoms with Crippen molar-refractivity contribution in [1.82, 2.24) is 0 Å². The second-order valence-corrected chi connectivity index (χ2v) is 5.77. The Hall–Kier alpha value is -1.50. The van der Waals surface area contributed by atoms with Crippen LogP contribution in [-0.4, -0.2) is 16.5 Å². The van der Waals surface area contributed by atoms with Gasteiger partial charge in [-0.2, -0.15) is 0 Å². The maximum atomic E-state index is 11.9. The third kappa shape index (κ3) is 3.33. The van der Waals surface area contributed by atoms with Crippen molar-refractivity contribution in [3.63, 3.8) is 0 Å². The van der Waals surface area contributed by atoms with Crippen molar-refractivity contribution in [2.75, 3.05) is 0 Å². The molecule has 0 radical (unpaired) electrons. The van der Waals surface area contributed by atoms with E-state index in [0.29, 0.717) is 5.56 Å². The van der Waals surface area contributed by atoms with E-state index in [1.54, 1.807) is 12.1 Å². The number of ketones is 1. The van der Waals surface area contributed by atoms with Crippen LogP contribution in [0.2, 0.25) is 0 Å². The summed E-state index contributed by atoms with van der Waals surface area (Å²) in [5.74, 6) is -0.262. The summed E-state index contributed by atoms with van der Waals surface area (Å²) in [5, 5.41) is 9.73. The number of benzene rings is 2. The van der Waals surface area contributed by atoms with Gasteiger partial charge in [-0.05, 0) is 36.7 Å². The molecule has 2 rings (SSSR count). The molecule has 0 saturated heterocycles. The maximum Gasteiger partial charge on any atom is 0.193 e. The van der Waals surface area contributed by atoms with Crippen LogP contribution in [0, 0.1) is 0 Å². The Morgan fingerprint density at radius 2 is 1.45 bits per heavy atom. The minimum absolute atomic E-state index is 0.262. The van der Waals surface area contributed by atoms with Gasteiger partial charge in [0, 0.05) is 5.56 Å². The van der Waals surface area contributed by atoms with Crippen molar-refractivity contribution in [3.05, 3.63) is 59.7 Å². The van der Waals surface area contributed by atoms with Crippen LogP contribution in [0.15, 0.2) is 48.5 Å². The Morgan fingerprint density at radius 3 is 1.85 bits per heavy atom. The summed E-state index contributed by atoms with van der Waals surface area (Å²) in [4.78, 5) is 11.9. The van der Waals surface area contributed by atoms with E-state index in [9.17, 15) is 9.90 Å². The van der Waals surface area contributed by atoms with E-state index in [4.69, 9.17) is 0 Å². The van der Waals surface area contributed by atoms with Crippen LogP contribution in [0.3, 0.4) is 0 Å². The Kier molecular flexibility index (Phi) is 4.37. The van der Waals surface area contributed by atoms with Crippen molar-refractivity contribution in [2.24, 2.45) is 0 Å². The molecule has 0 aliphatic rings. The molecule has 0 fully saturated rings. The number of Topliss-reactive ketones (excluding diaryl/α,β-unsaturated/α-hetero) is 1. The fourth-order valence-corrected chi connectivity index (χ4v) is 2.27. The summed E-state index contributed by atoms with van der Waals surface area (Å²) in [6, 6.07) is 15.7. The van der Waals surface area contributed by atoms with Gasteiger partial charge in [-0.3, -0.25) is 4.79 Å². The van der Waals surface area contributed by atoms with Gasteiger partial charge in [0.25, 0.3) is 0 Å². The van der Waals surface area contributed by atoms with Gasteiger partial charge >= 0.3 is 0 Å². The first-order valence-electron chi connectivity index (χ1n) is 6.58. The largest absolute Gasteiger partial charge is 0.382 e. The first kappa shape index (κ1) is 14.9. The van der Waals surface area contributed by atoms with Crippen molar-refractivity contribution in [3.8, 4) is 11.1 Å². The zero-order valence-electron chi connectivity index (χ0n) is 11.8. The quantitative estimate of drug-likeness (QED) is 0.687. The van der Waals surface area contributed by atoms with Gasteiger partial charge < -0.3 is 5.11 Å². The lowest BCUT2D eigenvalue weighted by molar-refractivity contribution is 0.0488. The standard InChI is InChI=1S/C17H19O2P/c1-17(2,19)16(18)15-9-7-14(8-10-15)13-5-3-12(11-20)4-6-13/h3-10,19H,11,20H2,1-2H3. The molecule has 2 nitrogen and oxygen atoms in total. The van der Waals surface area contributed by atoms with Crippen LogP contribution in [-0.2, 0) is 6.16 Å². The first-order chi connectivity index (χ1) is 9.41. The van der Waals surface area contributed by atoms with Crippen molar-refractivity contribution >= 4 is 15.0 Å². The smallest absolute Gasteiger partial charge is 0.193 e. The van der Waals surface area contributed by atoms with Gasteiger partial charge in [0.1, 0.15) is 5.60 Å². The van der Waals surface area contributed by atoms with E-state index >= 15 is 0 Å². The van der Waals surface area contributed by atoms with Crippen LogP contribution < -0.4 is 0 Å². The molecule has 20 heavy (non-hydrogen) atoms. The topological polar surface area (TPSA) is 37.3 Å². The number of hydrogen-bond acceptors (Lipinski definition) is 2. The molecular formula is C17H19O2P. The third-order valence-electron chi connectivity index (χ3n) is 3.23. The SMILES string of the molecule is CC(C)(O)C(=O)c1ccc(-c2ccc(CP)cc2)cc1. The zero-order chi connectivity index (χ0) is 14.8. The molecule has 0 saturated carbocycles. The number of carbonyl (C=O) groups excluding carboxylic acids is 1. The van der Waals surface area contributed by atoms with Crippen LogP contribution in [0.1, 0.15) is 29.8 Å². The highest BCUT2D eigenvalue weighted by atomic mass is 31.0. The number of hydrogen-bond donors (Lipinski definition) is 1. The summed E-state index contributed by atoms with van der Waals surface area (Å²) in [6.45, 7) is 3.01. The summed E-state index contributed by atoms with van der Waals surface area (Å²) >= 11 is 0. The molecule has 0 aromatic heterocycles. The van der Waals surface area contributed by atoms with Crippen LogP contribution in [0.5, 0.6) is 0 Å². The van der Waals surface area contributed by atoms with E-state index in [0.717, 1.165) is 17.3 Å². The van der Waals surface area contributed by atoms with Crippen molar-refractivity contribution < 1.29 is 9.90 Å². The minimum atomic E-state index is -1.33. The van der Waals surface area contributed by atoms with Gasteiger partial charge in [0.05, 0.1) is 0 Å². The second kappa shape index (κ2) is 5.87. The van der Waals surface area contributed by atoms with Gasteiger partial charge in [-0.15, -0.1) is 9.24 Å². The fraction of sp³-hybridized carbons (Fsp3) is 0.235. The van der Waals surface area contributed by atoms with Crippen molar-refractivity contribution in [2.45, 2.75) is 25.6 Å². The number of aliphatic hydroxyl groups is 1. The van der Waals surface area contributed by atoms with E-state index in [2.05, 4.69) is 33.5 Å². The highest BCUT2D eigenvalue weighted by Gasteiger charge is 2.24. The molecule has 0 aliphatic heterocycles. The van der Waals surface area contributed by atoms with Gasteiger partial charge in [-0.25, -0.2) is 0 Å². The van der Waals surface area contributed by atoms with Gasteiger partial charge in [0.15, 0.2) is 5.78 Å². The minimum Gasteiger partial charge on any atom is -0.382 e. The maximum absolute atomic E-state index is 11.9. The van der Waals surface area contributed by atoms with E-state index in [-0.39, 0.29) is 5.78 Å². The molecule has 2 aromatic carbocycles. The molecular weight excluding hydrogens is 267 g/mol. The lowest BCUT2D eigenvalue weighted by Crippen LogP contribution is -2.30. The van der Waals surface area contributed by atoms with Crippen LogP contribution in [0.25, 0.3) is 11.1 Å². The summed E-state index contributed by atoms with van der Waals surface area (Å²) in [5.41, 5.74) is 2.65. The molecule has 2 aromatic rings. The predicted molar refractivity (Wildman–Crippen MR) is 85.9 cm³/mol. The molecule has 0 amide bonds. The van der Waals surface area contributed by atoms with Crippen LogP contribution in [0.4, 0.5) is 0 Å². The van der Waals surface area contributed by atoms with Gasteiger partial charge in [0.2, 0.25) is 0 Å². The molecule has 1 unspecified atom stereocenters. The Morgan fingerprint density at radius 1 is 1.00 bits per heavy atom. The number of rotatable bonds is 4. The molecule has 0 bridgehead atoms. The van der Waals surface area contributed by atoms with Gasteiger partial charge in [-0.1, -0.05) is 48.5 Å². The lowest BCUT2D eigenvalue weighted by Gasteiger charge is -2.15. The van der Waals surface area contributed by atoms with E-state index in [1.807, 2.05) is 12.1 Å². The summed E-state index contributed by atoms with van der Waals surface area (Å²) in [7, 11) is 2.70. The highest BCUT2D eigenvalue weighted by molar-refractivity contribution is 7.15. The normalized spacial score (nSPS) is 11.4. The average Bonchev–Trinajstić information content (AvgIpc) is 2.46. The van der Waals surface area contributed by atoms with E-state index in [1.165, 1.54) is 19.4 Å². The zero-order valence-corrected chi connectivity index (χ0v) is 12.9. The molecule has 1 N–H and O–H groups in total. The molecule has 3 heteroatoms. The summed E-state index contributed by atoms with van der Waals surface area (Å²) < 4.78 is 0. The Balaban J connectivity index is 2.25. The lowest BCUT2D eigenvalue weighted by atomic mass is 9.95. The number of carbonyl (C=O) groups is 1. The summed E-state index contributed by atoms with van der Waals surface area (Å²) in [6.07, 6.45) is 0.944. The Bertz CT molecular complexity index is 592. The van der Waals surface area contributed by atoms with Crippen molar-refractivity contribution in [1.29, 1.82) is 0 Å². The second-order valence-electron chi connectivity index (χ2n) is 5.37. The molecule has 104 valence electrons. The average molecular weight is 286 g/mol. The Labute approximate surface area is 122 Å². The first-order valence-corrected chi connectivity index (χ1v) is 7.40. The van der Waals surface area contributed by atoms with Crippen LogP contribution >= 0.6 is 9.24 Å². The fourth-order valence-electron chi connectivity index (χ4n) is 2.00.